The van der Waals surface area contributed by atoms with Crippen LogP contribution in [0.5, 0.6) is 5.75 Å². The molecule has 1 aliphatic heterocycles. The Bertz CT molecular complexity index is 831. The number of hydrogen-bond acceptors (Lipinski definition) is 4. The van der Waals surface area contributed by atoms with Gasteiger partial charge in [0.05, 0.1) is 5.75 Å². The molecule has 2 aromatic carbocycles. The van der Waals surface area contributed by atoms with Crippen LogP contribution in [-0.4, -0.2) is 39.6 Å². The number of halogens is 1. The maximum absolute atomic E-state index is 12.2. The summed E-state index contributed by atoms with van der Waals surface area (Å²) in [6.45, 7) is 2.36. The van der Waals surface area contributed by atoms with Crippen molar-refractivity contribution >= 4 is 21.6 Å². The van der Waals surface area contributed by atoms with Crippen molar-refractivity contribution in [2.24, 2.45) is 0 Å². The van der Waals surface area contributed by atoms with Crippen molar-refractivity contribution in [3.05, 3.63) is 64.7 Å². The fourth-order valence-corrected chi connectivity index (χ4v) is 4.27. The van der Waals surface area contributed by atoms with E-state index >= 15 is 0 Å². The molecule has 1 fully saturated rings. The molecule has 0 amide bonds. The monoisotopic (exact) mass is 408 g/mol. The van der Waals surface area contributed by atoms with Gasteiger partial charge in [0.25, 0.3) is 0 Å². The fraction of sp³-hybridized carbons (Fsp3) is 0.400. The van der Waals surface area contributed by atoms with E-state index < -0.39 is 10.0 Å². The van der Waals surface area contributed by atoms with Crippen LogP contribution in [0.3, 0.4) is 0 Å². The molecule has 0 aromatic heterocycles. The maximum atomic E-state index is 12.2. The normalized spacial score (nSPS) is 16.4. The number of hydrogen-bond donors (Lipinski definition) is 1. The molecule has 7 heteroatoms. The summed E-state index contributed by atoms with van der Waals surface area (Å²) in [6.07, 6.45) is 2.32. The number of benzene rings is 2. The van der Waals surface area contributed by atoms with Gasteiger partial charge in [-0.15, -0.1) is 0 Å². The van der Waals surface area contributed by atoms with Gasteiger partial charge in [-0.25, -0.2) is 13.1 Å². The molecular formula is C20H25ClN2O3S. The lowest BCUT2D eigenvalue weighted by Gasteiger charge is -2.29. The Labute approximate surface area is 166 Å². The van der Waals surface area contributed by atoms with Gasteiger partial charge in [-0.3, -0.25) is 0 Å². The largest absolute Gasteiger partial charge is 0.490 e. The summed E-state index contributed by atoms with van der Waals surface area (Å²) in [4.78, 5) is 2.30. The highest BCUT2D eigenvalue weighted by Crippen LogP contribution is 2.19. The minimum absolute atomic E-state index is 0.0680. The summed E-state index contributed by atoms with van der Waals surface area (Å²) in [7, 11) is -1.29. The van der Waals surface area contributed by atoms with Gasteiger partial charge in [0, 0.05) is 24.7 Å². The Balaban J connectivity index is 1.49. The number of sulfonamides is 1. The molecule has 1 N–H and O–H groups in total. The van der Waals surface area contributed by atoms with E-state index in [1.165, 1.54) is 0 Å². The third kappa shape index (κ3) is 6.50. The second-order valence-electron chi connectivity index (χ2n) is 6.97. The first-order valence-corrected chi connectivity index (χ1v) is 11.1. The van der Waals surface area contributed by atoms with Crippen molar-refractivity contribution in [2.75, 3.05) is 20.1 Å². The first kappa shape index (κ1) is 20.1. The summed E-state index contributed by atoms with van der Waals surface area (Å²) >= 11 is 5.83. The van der Waals surface area contributed by atoms with E-state index in [2.05, 4.69) is 16.7 Å². The standard InChI is InChI=1S/C20H25ClN2O3S/c1-23-12-10-20(11-13-23)26-19-8-4-16(5-9-19)14-22-27(24,25)15-17-2-6-18(21)7-3-17/h2-9,20,22H,10-15H2,1H3. The Morgan fingerprint density at radius 1 is 1.04 bits per heavy atom. The van der Waals surface area contributed by atoms with Crippen LogP contribution in [0.4, 0.5) is 0 Å². The molecule has 0 atom stereocenters. The van der Waals surface area contributed by atoms with Gasteiger partial charge in [0.1, 0.15) is 11.9 Å². The van der Waals surface area contributed by atoms with Crippen LogP contribution in [0.25, 0.3) is 0 Å². The third-order valence-electron chi connectivity index (χ3n) is 4.66. The number of nitrogens with zero attached hydrogens (tertiary/aromatic N) is 1. The van der Waals surface area contributed by atoms with E-state index in [-0.39, 0.29) is 18.4 Å². The summed E-state index contributed by atoms with van der Waals surface area (Å²) in [5.74, 6) is 0.763. The SMILES string of the molecule is CN1CCC(Oc2ccc(CNS(=O)(=O)Cc3ccc(Cl)cc3)cc2)CC1. The smallest absolute Gasteiger partial charge is 0.216 e. The lowest BCUT2D eigenvalue weighted by molar-refractivity contribution is 0.114. The third-order valence-corrected chi connectivity index (χ3v) is 6.21. The van der Waals surface area contributed by atoms with Crippen LogP contribution in [0, 0.1) is 0 Å². The molecule has 1 saturated heterocycles. The lowest BCUT2D eigenvalue weighted by atomic mass is 10.1. The zero-order valence-electron chi connectivity index (χ0n) is 15.4. The first-order valence-electron chi connectivity index (χ1n) is 9.05. The molecule has 3 rings (SSSR count). The highest BCUT2D eigenvalue weighted by Gasteiger charge is 2.18. The highest BCUT2D eigenvalue weighted by atomic mass is 35.5. The van der Waals surface area contributed by atoms with Crippen LogP contribution >= 0.6 is 11.6 Å². The van der Waals surface area contributed by atoms with E-state index in [4.69, 9.17) is 16.3 Å². The Hall–Kier alpha value is -1.60. The van der Waals surface area contributed by atoms with Crippen molar-refractivity contribution in [2.45, 2.75) is 31.2 Å². The van der Waals surface area contributed by atoms with Gasteiger partial charge < -0.3 is 9.64 Å². The van der Waals surface area contributed by atoms with E-state index in [1.807, 2.05) is 24.3 Å². The summed E-state index contributed by atoms with van der Waals surface area (Å²) < 4.78 is 33.1. The van der Waals surface area contributed by atoms with E-state index in [0.717, 1.165) is 37.2 Å². The van der Waals surface area contributed by atoms with Gasteiger partial charge in [-0.2, -0.15) is 0 Å². The molecule has 0 bridgehead atoms. The van der Waals surface area contributed by atoms with E-state index in [9.17, 15) is 8.42 Å². The maximum Gasteiger partial charge on any atom is 0.216 e. The summed E-state index contributed by atoms with van der Waals surface area (Å²) in [5, 5.41) is 0.590. The van der Waals surface area contributed by atoms with Crippen LogP contribution < -0.4 is 9.46 Å². The topological polar surface area (TPSA) is 58.6 Å². The predicted octanol–water partition coefficient (Wildman–Crippen LogP) is 3.43. The van der Waals surface area contributed by atoms with E-state index in [1.54, 1.807) is 24.3 Å². The molecule has 0 spiro atoms. The van der Waals surface area contributed by atoms with Crippen LogP contribution in [0.2, 0.25) is 5.02 Å². The van der Waals surface area contributed by atoms with Crippen LogP contribution in [0.1, 0.15) is 24.0 Å². The van der Waals surface area contributed by atoms with Gasteiger partial charge >= 0.3 is 0 Å². The fourth-order valence-electron chi connectivity index (χ4n) is 3.03. The first-order chi connectivity index (χ1) is 12.9. The highest BCUT2D eigenvalue weighted by molar-refractivity contribution is 7.88. The van der Waals surface area contributed by atoms with Crippen molar-refractivity contribution in [3.8, 4) is 5.75 Å². The predicted molar refractivity (Wildman–Crippen MR) is 109 cm³/mol. The van der Waals surface area contributed by atoms with Crippen molar-refractivity contribution in [1.82, 2.24) is 9.62 Å². The van der Waals surface area contributed by atoms with Gasteiger partial charge in [0.2, 0.25) is 10.0 Å². The van der Waals surface area contributed by atoms with Crippen molar-refractivity contribution in [3.63, 3.8) is 0 Å². The average Bonchev–Trinajstić information content (AvgIpc) is 2.65. The van der Waals surface area contributed by atoms with Gasteiger partial charge in [0.15, 0.2) is 0 Å². The lowest BCUT2D eigenvalue weighted by Crippen LogP contribution is -2.35. The molecule has 1 heterocycles. The Morgan fingerprint density at radius 2 is 1.63 bits per heavy atom. The second-order valence-corrected chi connectivity index (χ2v) is 9.21. The minimum Gasteiger partial charge on any atom is -0.490 e. The summed E-state index contributed by atoms with van der Waals surface area (Å²) in [5.41, 5.74) is 1.60. The number of likely N-dealkylation sites (tertiary alicyclic amines) is 1. The molecule has 0 radical (unpaired) electrons. The number of piperidine rings is 1. The number of rotatable bonds is 7. The van der Waals surface area contributed by atoms with Crippen molar-refractivity contribution < 1.29 is 13.2 Å². The molecule has 27 heavy (non-hydrogen) atoms. The zero-order chi connectivity index (χ0) is 19.3. The molecule has 2 aromatic rings. The second kappa shape index (κ2) is 9.06. The number of ether oxygens (including phenoxy) is 1. The van der Waals surface area contributed by atoms with Gasteiger partial charge in [-0.1, -0.05) is 35.9 Å². The van der Waals surface area contributed by atoms with Gasteiger partial charge in [-0.05, 0) is 55.3 Å². The Kier molecular flexibility index (Phi) is 6.76. The molecule has 146 valence electrons. The van der Waals surface area contributed by atoms with E-state index in [0.29, 0.717) is 10.6 Å². The molecule has 0 saturated carbocycles. The quantitative estimate of drug-likeness (QED) is 0.762. The average molecular weight is 409 g/mol. The van der Waals surface area contributed by atoms with Crippen LogP contribution in [-0.2, 0) is 22.3 Å². The molecule has 5 nitrogen and oxygen atoms in total. The molecular weight excluding hydrogens is 384 g/mol. The minimum atomic E-state index is -3.41. The van der Waals surface area contributed by atoms with Crippen LogP contribution in [0.15, 0.2) is 48.5 Å². The summed E-state index contributed by atoms with van der Waals surface area (Å²) in [6, 6.07) is 14.4. The zero-order valence-corrected chi connectivity index (χ0v) is 17.0. The Morgan fingerprint density at radius 3 is 2.26 bits per heavy atom. The molecule has 0 unspecified atom stereocenters. The number of nitrogens with one attached hydrogen (secondary N) is 1. The molecule has 1 aliphatic rings. The molecule has 0 aliphatic carbocycles. The van der Waals surface area contributed by atoms with Crippen molar-refractivity contribution in [1.29, 1.82) is 0 Å².